The van der Waals surface area contributed by atoms with Gasteiger partial charge in [0.15, 0.2) is 0 Å². The fraction of sp³-hybridized carbons (Fsp3) is 0.571. The average Bonchev–Trinajstić information content (AvgIpc) is 2.44. The molecule has 2 amide bonds. The first kappa shape index (κ1) is 17.4. The summed E-state index contributed by atoms with van der Waals surface area (Å²) in [6, 6.07) is -0.743. The molecule has 0 aromatic heterocycles. The van der Waals surface area contributed by atoms with E-state index in [-0.39, 0.29) is 24.8 Å². The van der Waals surface area contributed by atoms with Crippen molar-refractivity contribution in [3.05, 3.63) is 23.8 Å². The zero-order chi connectivity index (χ0) is 16.0. The molecule has 0 spiro atoms. The van der Waals surface area contributed by atoms with Crippen molar-refractivity contribution in [2.75, 3.05) is 7.05 Å². The fourth-order valence-corrected chi connectivity index (χ4v) is 2.04. The van der Waals surface area contributed by atoms with Crippen molar-refractivity contribution in [2.45, 2.75) is 44.4 Å². The van der Waals surface area contributed by atoms with Gasteiger partial charge in [-0.1, -0.05) is 25.2 Å². The lowest BCUT2D eigenvalue weighted by atomic mass is 9.98. The van der Waals surface area contributed by atoms with E-state index >= 15 is 0 Å². The van der Waals surface area contributed by atoms with Crippen molar-refractivity contribution in [3.8, 4) is 0 Å². The van der Waals surface area contributed by atoms with Crippen molar-refractivity contribution >= 4 is 12.3 Å². The smallest absolute Gasteiger partial charge is 0.307 e. The minimum absolute atomic E-state index is 0.0706. The van der Waals surface area contributed by atoms with Crippen LogP contribution in [0.3, 0.4) is 0 Å². The van der Waals surface area contributed by atoms with Crippen LogP contribution in [0.5, 0.6) is 0 Å². The molecule has 0 saturated carbocycles. The third-order valence-corrected chi connectivity index (χ3v) is 3.36. The van der Waals surface area contributed by atoms with Crippen molar-refractivity contribution in [1.29, 1.82) is 0 Å². The molecule has 0 radical (unpaired) electrons. The van der Waals surface area contributed by atoms with E-state index in [1.165, 1.54) is 13.1 Å². The van der Waals surface area contributed by atoms with Gasteiger partial charge >= 0.3 is 6.18 Å². The maximum atomic E-state index is 12.7. The molecule has 0 fully saturated rings. The normalized spacial score (nSPS) is 19.9. The molecule has 2 unspecified atom stereocenters. The van der Waals surface area contributed by atoms with Crippen molar-refractivity contribution < 1.29 is 22.8 Å². The van der Waals surface area contributed by atoms with Gasteiger partial charge in [-0.2, -0.15) is 13.2 Å². The van der Waals surface area contributed by atoms with Crippen LogP contribution in [0.4, 0.5) is 13.2 Å². The Kier molecular flexibility index (Phi) is 6.14. The minimum Gasteiger partial charge on any atom is -0.307 e. The molecule has 1 aliphatic rings. The molecule has 0 saturated heterocycles. The van der Waals surface area contributed by atoms with E-state index in [9.17, 15) is 22.8 Å². The Morgan fingerprint density at radius 3 is 2.76 bits per heavy atom. The van der Waals surface area contributed by atoms with Crippen molar-refractivity contribution in [3.63, 3.8) is 0 Å². The number of imide groups is 1. The number of hydrogen-bond acceptors (Lipinski definition) is 3. The number of hydrogen-bond donors (Lipinski definition) is 1. The molecular weight excluding hydrogens is 285 g/mol. The second kappa shape index (κ2) is 7.40. The molecule has 0 aromatic carbocycles. The van der Waals surface area contributed by atoms with Gasteiger partial charge in [-0.15, -0.1) is 0 Å². The summed E-state index contributed by atoms with van der Waals surface area (Å²) in [5.41, 5.74) is -0.589. The lowest BCUT2D eigenvalue weighted by Gasteiger charge is -2.26. The third-order valence-electron chi connectivity index (χ3n) is 3.36. The van der Waals surface area contributed by atoms with E-state index in [0.717, 1.165) is 11.0 Å². The standard InChI is InChI=1S/C14H19F3N2O2/c1-3-11(8-13(21)19(2)9-20)18-12-6-4-5-10(7-12)14(15,16)17/h4-6,9,11-12,18H,3,7-8H2,1-2H3. The maximum Gasteiger partial charge on any atom is 0.412 e. The number of carbonyl (C=O) groups is 2. The van der Waals surface area contributed by atoms with Gasteiger partial charge in [0.05, 0.1) is 0 Å². The van der Waals surface area contributed by atoms with Gasteiger partial charge in [0, 0.05) is 31.1 Å². The lowest BCUT2D eigenvalue weighted by molar-refractivity contribution is -0.137. The molecule has 2 atom stereocenters. The Morgan fingerprint density at radius 2 is 2.24 bits per heavy atom. The zero-order valence-electron chi connectivity index (χ0n) is 12.0. The summed E-state index contributed by atoms with van der Waals surface area (Å²) in [5, 5.41) is 3.03. The van der Waals surface area contributed by atoms with Crippen LogP contribution in [0.1, 0.15) is 26.2 Å². The van der Waals surface area contributed by atoms with Gasteiger partial charge in [0.2, 0.25) is 12.3 Å². The first-order chi connectivity index (χ1) is 9.77. The highest BCUT2D eigenvalue weighted by atomic mass is 19.4. The van der Waals surface area contributed by atoms with Crippen LogP contribution in [-0.4, -0.2) is 42.5 Å². The highest BCUT2D eigenvalue weighted by Crippen LogP contribution is 2.31. The van der Waals surface area contributed by atoms with Gasteiger partial charge in [-0.25, -0.2) is 0 Å². The molecule has 0 bridgehead atoms. The summed E-state index contributed by atoms with van der Waals surface area (Å²) in [6.07, 6.45) is 0.648. The predicted octanol–water partition coefficient (Wildman–Crippen LogP) is 2.18. The Hall–Kier alpha value is -1.63. The molecule has 7 heteroatoms. The number of nitrogens with zero attached hydrogens (tertiary/aromatic N) is 1. The van der Waals surface area contributed by atoms with Gasteiger partial charge in [0.1, 0.15) is 0 Å². The van der Waals surface area contributed by atoms with E-state index < -0.39 is 17.8 Å². The summed E-state index contributed by atoms with van der Waals surface area (Å²) in [6.45, 7) is 1.83. The fourth-order valence-electron chi connectivity index (χ4n) is 2.04. The molecule has 1 rings (SSSR count). The number of rotatable bonds is 6. The van der Waals surface area contributed by atoms with Crippen LogP contribution in [0, 0.1) is 0 Å². The van der Waals surface area contributed by atoms with Gasteiger partial charge in [-0.3, -0.25) is 14.5 Å². The van der Waals surface area contributed by atoms with Gasteiger partial charge < -0.3 is 5.32 Å². The minimum atomic E-state index is -4.33. The van der Waals surface area contributed by atoms with Crippen LogP contribution < -0.4 is 5.32 Å². The van der Waals surface area contributed by atoms with Crippen LogP contribution in [-0.2, 0) is 9.59 Å². The highest BCUT2D eigenvalue weighted by Gasteiger charge is 2.35. The molecular formula is C14H19F3N2O2. The molecule has 1 aliphatic carbocycles. The number of amides is 2. The van der Waals surface area contributed by atoms with Crippen LogP contribution in [0.2, 0.25) is 0 Å². The lowest BCUT2D eigenvalue weighted by Crippen LogP contribution is -2.42. The van der Waals surface area contributed by atoms with Gasteiger partial charge in [-0.05, 0) is 12.8 Å². The molecule has 0 heterocycles. The third kappa shape index (κ3) is 5.34. The summed E-state index contributed by atoms with van der Waals surface area (Å²) < 4.78 is 38.0. The molecule has 0 aliphatic heterocycles. The largest absolute Gasteiger partial charge is 0.412 e. The van der Waals surface area contributed by atoms with Crippen molar-refractivity contribution in [1.82, 2.24) is 10.2 Å². The Morgan fingerprint density at radius 1 is 1.57 bits per heavy atom. The Bertz CT molecular complexity index is 444. The van der Waals surface area contributed by atoms with E-state index in [1.54, 1.807) is 6.08 Å². The number of nitrogens with one attached hydrogen (secondary N) is 1. The van der Waals surface area contributed by atoms with E-state index in [0.29, 0.717) is 12.8 Å². The topological polar surface area (TPSA) is 49.4 Å². The summed E-state index contributed by atoms with van der Waals surface area (Å²) in [7, 11) is 1.35. The quantitative estimate of drug-likeness (QED) is 0.765. The first-order valence-corrected chi connectivity index (χ1v) is 6.69. The van der Waals surface area contributed by atoms with Crippen molar-refractivity contribution in [2.24, 2.45) is 0 Å². The van der Waals surface area contributed by atoms with E-state index in [2.05, 4.69) is 5.32 Å². The molecule has 21 heavy (non-hydrogen) atoms. The summed E-state index contributed by atoms with van der Waals surface area (Å²) in [4.78, 5) is 23.1. The van der Waals surface area contributed by atoms with Crippen LogP contribution >= 0.6 is 0 Å². The number of alkyl halides is 3. The van der Waals surface area contributed by atoms with E-state index in [1.807, 2.05) is 6.92 Å². The SMILES string of the molecule is CCC(CC(=O)N(C)C=O)NC1C=CC=C(C(F)(F)F)C1. The average molecular weight is 304 g/mol. The summed E-state index contributed by atoms with van der Waals surface area (Å²) >= 11 is 0. The number of allylic oxidation sites excluding steroid dienone is 2. The molecule has 118 valence electrons. The van der Waals surface area contributed by atoms with E-state index in [4.69, 9.17) is 0 Å². The second-order valence-corrected chi connectivity index (χ2v) is 4.97. The number of carbonyl (C=O) groups excluding carboxylic acids is 2. The molecule has 0 aromatic rings. The molecule has 1 N–H and O–H groups in total. The number of halogens is 3. The highest BCUT2D eigenvalue weighted by molar-refractivity contribution is 5.86. The van der Waals surface area contributed by atoms with Crippen LogP contribution in [0.15, 0.2) is 23.8 Å². The maximum absolute atomic E-state index is 12.7. The van der Waals surface area contributed by atoms with Crippen LogP contribution in [0.25, 0.3) is 0 Å². The van der Waals surface area contributed by atoms with Gasteiger partial charge in [0.25, 0.3) is 0 Å². The second-order valence-electron chi connectivity index (χ2n) is 4.97. The molecule has 4 nitrogen and oxygen atoms in total. The summed E-state index contributed by atoms with van der Waals surface area (Å²) in [5.74, 6) is -0.365. The predicted molar refractivity (Wildman–Crippen MR) is 72.3 cm³/mol. The monoisotopic (exact) mass is 304 g/mol. The Labute approximate surface area is 121 Å². The zero-order valence-corrected chi connectivity index (χ0v) is 12.0. The first-order valence-electron chi connectivity index (χ1n) is 6.69. The Balaban J connectivity index is 2.59.